The lowest BCUT2D eigenvalue weighted by Gasteiger charge is -2.15. The summed E-state index contributed by atoms with van der Waals surface area (Å²) in [6.07, 6.45) is 3.02. The largest absolute Gasteiger partial charge is 0.491 e. The molecule has 0 unspecified atom stereocenters. The molecule has 2 aromatic carbocycles. The Morgan fingerprint density at radius 3 is 2.62 bits per heavy atom. The number of ether oxygens (including phenoxy) is 1. The van der Waals surface area contributed by atoms with Gasteiger partial charge < -0.3 is 10.1 Å². The molecule has 0 atom stereocenters. The van der Waals surface area contributed by atoms with Crippen LogP contribution in [-0.4, -0.2) is 17.6 Å². The second kappa shape index (κ2) is 9.94. The van der Waals surface area contributed by atoms with Crippen LogP contribution in [0.5, 0.6) is 5.75 Å². The number of benzene rings is 2. The van der Waals surface area contributed by atoms with Crippen LogP contribution in [0.2, 0.25) is 5.02 Å². The summed E-state index contributed by atoms with van der Waals surface area (Å²) >= 11 is 11.3. The number of halogens is 1. The zero-order valence-electron chi connectivity index (χ0n) is 14.7. The summed E-state index contributed by atoms with van der Waals surface area (Å²) in [6, 6.07) is 14.7. The maximum atomic E-state index is 12.0. The summed E-state index contributed by atoms with van der Waals surface area (Å²) < 4.78 is 5.76. The number of thiocarbonyl (C=S) groups is 1. The summed E-state index contributed by atoms with van der Waals surface area (Å²) in [4.78, 5) is 12.0. The molecule has 0 spiro atoms. The topological polar surface area (TPSA) is 50.4 Å². The minimum atomic E-state index is -0.344. The van der Waals surface area contributed by atoms with Gasteiger partial charge in [0, 0.05) is 11.1 Å². The molecule has 0 aliphatic heterocycles. The van der Waals surface area contributed by atoms with E-state index in [1.54, 1.807) is 12.1 Å². The predicted molar refractivity (Wildman–Crippen MR) is 112 cm³/mol. The molecule has 136 valence electrons. The Hall–Kier alpha value is -2.37. The highest BCUT2D eigenvalue weighted by Crippen LogP contribution is 2.24. The number of nitrogens with one attached hydrogen (secondary N) is 2. The smallest absolute Gasteiger partial charge is 0.250 e. The first-order valence-electron chi connectivity index (χ1n) is 8.22. The van der Waals surface area contributed by atoms with Gasteiger partial charge in [-0.2, -0.15) is 0 Å². The third-order valence-corrected chi connectivity index (χ3v) is 3.81. The number of para-hydroxylation sites is 2. The Balaban J connectivity index is 1.94. The molecule has 0 aliphatic carbocycles. The maximum Gasteiger partial charge on any atom is 0.250 e. The van der Waals surface area contributed by atoms with Crippen LogP contribution < -0.4 is 15.4 Å². The lowest BCUT2D eigenvalue weighted by atomic mass is 10.2. The van der Waals surface area contributed by atoms with Crippen LogP contribution in [0.1, 0.15) is 19.4 Å². The van der Waals surface area contributed by atoms with E-state index in [1.807, 2.05) is 42.5 Å². The molecule has 0 fully saturated rings. The second-order valence-electron chi connectivity index (χ2n) is 6.00. The number of hydrogen-bond acceptors (Lipinski definition) is 3. The van der Waals surface area contributed by atoms with Crippen molar-refractivity contribution in [2.45, 2.75) is 13.8 Å². The van der Waals surface area contributed by atoms with E-state index < -0.39 is 0 Å². The van der Waals surface area contributed by atoms with E-state index in [-0.39, 0.29) is 11.0 Å². The standard InChI is InChI=1S/C20H21ClN2O2S/c1-14(2)13-25-18-10-6-5-9-17(18)22-20(26)23-19(24)12-11-15-7-3-4-8-16(15)21/h3-12,14H,13H2,1-2H3,(H2,22,23,24,26)/b12-11+. The monoisotopic (exact) mass is 388 g/mol. The molecule has 2 aromatic rings. The Kier molecular flexibility index (Phi) is 7.63. The number of amides is 1. The third kappa shape index (κ3) is 6.50. The number of hydrogen-bond donors (Lipinski definition) is 2. The quantitative estimate of drug-likeness (QED) is 0.545. The van der Waals surface area contributed by atoms with E-state index in [0.717, 1.165) is 5.56 Å². The molecule has 26 heavy (non-hydrogen) atoms. The molecule has 1 amide bonds. The molecular formula is C20H21ClN2O2S. The zero-order chi connectivity index (χ0) is 18.9. The van der Waals surface area contributed by atoms with Crippen LogP contribution in [0.15, 0.2) is 54.6 Å². The molecule has 0 radical (unpaired) electrons. The molecule has 0 aliphatic rings. The first-order chi connectivity index (χ1) is 12.5. The van der Waals surface area contributed by atoms with Crippen molar-refractivity contribution in [3.8, 4) is 5.75 Å². The molecule has 4 nitrogen and oxygen atoms in total. The Labute approximate surface area is 164 Å². The van der Waals surface area contributed by atoms with Crippen molar-refractivity contribution in [3.63, 3.8) is 0 Å². The van der Waals surface area contributed by atoms with Gasteiger partial charge in [-0.1, -0.05) is 55.8 Å². The van der Waals surface area contributed by atoms with Crippen molar-refractivity contribution in [1.29, 1.82) is 0 Å². The van der Waals surface area contributed by atoms with Gasteiger partial charge >= 0.3 is 0 Å². The molecule has 6 heteroatoms. The minimum Gasteiger partial charge on any atom is -0.491 e. The Morgan fingerprint density at radius 1 is 1.19 bits per heavy atom. The van der Waals surface area contributed by atoms with Gasteiger partial charge in [0.05, 0.1) is 12.3 Å². The van der Waals surface area contributed by atoms with Crippen molar-refractivity contribution in [2.24, 2.45) is 5.92 Å². The normalized spacial score (nSPS) is 10.8. The highest BCUT2D eigenvalue weighted by molar-refractivity contribution is 7.80. The molecule has 2 N–H and O–H groups in total. The van der Waals surface area contributed by atoms with E-state index in [0.29, 0.717) is 29.0 Å². The lowest BCUT2D eigenvalue weighted by Crippen LogP contribution is -2.33. The van der Waals surface area contributed by atoms with Crippen LogP contribution >= 0.6 is 23.8 Å². The molecule has 0 saturated heterocycles. The highest BCUT2D eigenvalue weighted by atomic mass is 35.5. The minimum absolute atomic E-state index is 0.194. The van der Waals surface area contributed by atoms with Crippen molar-refractivity contribution < 1.29 is 9.53 Å². The van der Waals surface area contributed by atoms with E-state index in [1.165, 1.54) is 6.08 Å². The van der Waals surface area contributed by atoms with Crippen molar-refractivity contribution in [1.82, 2.24) is 5.32 Å². The zero-order valence-corrected chi connectivity index (χ0v) is 16.2. The summed E-state index contributed by atoms with van der Waals surface area (Å²) in [5.74, 6) is 0.747. The summed E-state index contributed by atoms with van der Waals surface area (Å²) in [5.41, 5.74) is 1.46. The number of rotatable bonds is 6. The number of anilines is 1. The van der Waals surface area contributed by atoms with Gasteiger partial charge in [0.15, 0.2) is 5.11 Å². The SMILES string of the molecule is CC(C)COc1ccccc1NC(=S)NC(=O)/C=C/c1ccccc1Cl. The predicted octanol–water partition coefficient (Wildman–Crippen LogP) is 4.90. The second-order valence-corrected chi connectivity index (χ2v) is 6.81. The van der Waals surface area contributed by atoms with Gasteiger partial charge in [0.2, 0.25) is 5.91 Å². The van der Waals surface area contributed by atoms with Crippen LogP contribution in [0.4, 0.5) is 5.69 Å². The molecular weight excluding hydrogens is 368 g/mol. The number of carbonyl (C=O) groups is 1. The van der Waals surface area contributed by atoms with Gasteiger partial charge in [0.25, 0.3) is 0 Å². The molecule has 0 saturated carbocycles. The van der Waals surface area contributed by atoms with E-state index >= 15 is 0 Å². The van der Waals surface area contributed by atoms with Gasteiger partial charge in [-0.25, -0.2) is 0 Å². The van der Waals surface area contributed by atoms with E-state index in [4.69, 9.17) is 28.6 Å². The summed E-state index contributed by atoms with van der Waals surface area (Å²) in [7, 11) is 0. The average molecular weight is 389 g/mol. The lowest BCUT2D eigenvalue weighted by molar-refractivity contribution is -0.115. The van der Waals surface area contributed by atoms with Crippen molar-refractivity contribution in [2.75, 3.05) is 11.9 Å². The van der Waals surface area contributed by atoms with Crippen LogP contribution in [0, 0.1) is 5.92 Å². The highest BCUT2D eigenvalue weighted by Gasteiger charge is 2.07. The fraction of sp³-hybridized carbons (Fsp3) is 0.200. The van der Waals surface area contributed by atoms with E-state index in [2.05, 4.69) is 24.5 Å². The van der Waals surface area contributed by atoms with E-state index in [9.17, 15) is 4.79 Å². The maximum absolute atomic E-state index is 12.0. The summed E-state index contributed by atoms with van der Waals surface area (Å²) in [6.45, 7) is 4.75. The Morgan fingerprint density at radius 2 is 1.88 bits per heavy atom. The van der Waals surface area contributed by atoms with Gasteiger partial charge in [0.1, 0.15) is 5.75 Å². The fourth-order valence-corrected chi connectivity index (χ4v) is 2.44. The van der Waals surface area contributed by atoms with Gasteiger partial charge in [-0.05, 0) is 48.0 Å². The Bertz CT molecular complexity index is 806. The number of carbonyl (C=O) groups excluding carboxylic acids is 1. The van der Waals surface area contributed by atoms with Gasteiger partial charge in [-0.3, -0.25) is 10.1 Å². The van der Waals surface area contributed by atoms with Gasteiger partial charge in [-0.15, -0.1) is 0 Å². The third-order valence-electron chi connectivity index (χ3n) is 3.26. The molecule has 0 heterocycles. The average Bonchev–Trinajstić information content (AvgIpc) is 2.60. The first kappa shape index (κ1) is 19.9. The molecule has 0 bridgehead atoms. The first-order valence-corrected chi connectivity index (χ1v) is 9.00. The fourth-order valence-electron chi connectivity index (χ4n) is 2.04. The van der Waals surface area contributed by atoms with Crippen LogP contribution in [0.25, 0.3) is 6.08 Å². The van der Waals surface area contributed by atoms with Crippen LogP contribution in [-0.2, 0) is 4.79 Å². The molecule has 0 aromatic heterocycles. The van der Waals surface area contributed by atoms with Crippen molar-refractivity contribution >= 4 is 46.6 Å². The van der Waals surface area contributed by atoms with Crippen LogP contribution in [0.3, 0.4) is 0 Å². The van der Waals surface area contributed by atoms with Crippen molar-refractivity contribution in [3.05, 3.63) is 65.2 Å². The summed E-state index contributed by atoms with van der Waals surface area (Å²) in [5, 5.41) is 6.37. The molecule has 2 rings (SSSR count).